The van der Waals surface area contributed by atoms with Crippen molar-refractivity contribution in [1.82, 2.24) is 9.78 Å². The summed E-state index contributed by atoms with van der Waals surface area (Å²) in [4.78, 5) is 12.2. The Balaban J connectivity index is 1.89. The van der Waals surface area contributed by atoms with Crippen molar-refractivity contribution in [3.8, 4) is 0 Å². The molecule has 1 aromatic heterocycles. The van der Waals surface area contributed by atoms with Crippen molar-refractivity contribution in [2.24, 2.45) is 0 Å². The van der Waals surface area contributed by atoms with E-state index in [2.05, 4.69) is 10.4 Å². The molecule has 7 heteroatoms. The Morgan fingerprint density at radius 2 is 1.96 bits per heavy atom. The summed E-state index contributed by atoms with van der Waals surface area (Å²) in [5.74, 6) is 0. The van der Waals surface area contributed by atoms with Gasteiger partial charge in [0.15, 0.2) is 0 Å². The molecule has 0 unspecified atom stereocenters. The number of nitrogens with one attached hydrogen (secondary N) is 1. The first-order chi connectivity index (χ1) is 10.8. The number of carbonyl (C=O) groups is 1. The van der Waals surface area contributed by atoms with E-state index in [1.54, 1.807) is 6.07 Å². The Bertz CT molecular complexity index is 884. The zero-order valence-electron chi connectivity index (χ0n) is 12.1. The van der Waals surface area contributed by atoms with Crippen LogP contribution < -0.4 is 5.32 Å². The monoisotopic (exact) mass is 319 g/mol. The molecule has 0 aliphatic heterocycles. The Morgan fingerprint density at radius 1 is 1.17 bits per heavy atom. The minimum Gasteiger partial charge on any atom is -0.306 e. The van der Waals surface area contributed by atoms with Gasteiger partial charge in [-0.05, 0) is 37.3 Å². The minimum absolute atomic E-state index is 0.0561. The first kappa shape index (κ1) is 15.1. The average Bonchev–Trinajstić information content (AvgIpc) is 2.89. The number of benzene rings is 2. The lowest BCUT2D eigenvalue weighted by Crippen LogP contribution is -2.20. The number of hydrogen-bond donors (Lipinski definition) is 1. The molecule has 0 spiro atoms. The molecule has 0 aliphatic carbocycles. The lowest BCUT2D eigenvalue weighted by molar-refractivity contribution is -0.137. The smallest absolute Gasteiger partial charge is 0.306 e. The number of alkyl halides is 3. The fourth-order valence-corrected chi connectivity index (χ4v) is 2.26. The van der Waals surface area contributed by atoms with Crippen LogP contribution in [0.5, 0.6) is 0 Å². The van der Waals surface area contributed by atoms with Crippen molar-refractivity contribution in [2.45, 2.75) is 13.1 Å². The zero-order chi connectivity index (χ0) is 16.6. The summed E-state index contributed by atoms with van der Waals surface area (Å²) >= 11 is 0. The van der Waals surface area contributed by atoms with E-state index in [0.29, 0.717) is 5.52 Å². The van der Waals surface area contributed by atoms with Crippen molar-refractivity contribution in [3.63, 3.8) is 0 Å². The molecular formula is C16H12F3N3O. The number of aromatic nitrogens is 2. The molecule has 118 valence electrons. The van der Waals surface area contributed by atoms with E-state index < -0.39 is 17.8 Å². The molecule has 3 rings (SSSR count). The molecule has 23 heavy (non-hydrogen) atoms. The number of rotatable bonds is 1. The van der Waals surface area contributed by atoms with Gasteiger partial charge in [0.2, 0.25) is 0 Å². The maximum absolute atomic E-state index is 12.7. The van der Waals surface area contributed by atoms with E-state index in [4.69, 9.17) is 0 Å². The fraction of sp³-hybridized carbons (Fsp3) is 0.125. The van der Waals surface area contributed by atoms with Crippen LogP contribution in [0, 0.1) is 6.92 Å². The van der Waals surface area contributed by atoms with Gasteiger partial charge in [-0.2, -0.15) is 23.0 Å². The average molecular weight is 319 g/mol. The summed E-state index contributed by atoms with van der Waals surface area (Å²) < 4.78 is 39.2. The molecule has 0 aliphatic rings. The highest BCUT2D eigenvalue weighted by Crippen LogP contribution is 2.30. The topological polar surface area (TPSA) is 46.9 Å². The molecule has 1 amide bonds. The lowest BCUT2D eigenvalue weighted by atomic mass is 10.2. The number of anilines is 1. The molecule has 0 saturated carbocycles. The van der Waals surface area contributed by atoms with Crippen LogP contribution in [0.15, 0.2) is 48.7 Å². The van der Waals surface area contributed by atoms with E-state index in [-0.39, 0.29) is 5.69 Å². The second-order valence-corrected chi connectivity index (χ2v) is 5.13. The highest BCUT2D eigenvalue weighted by atomic mass is 19.4. The van der Waals surface area contributed by atoms with Gasteiger partial charge in [0.1, 0.15) is 0 Å². The van der Waals surface area contributed by atoms with Crippen molar-refractivity contribution in [3.05, 3.63) is 59.8 Å². The second-order valence-electron chi connectivity index (χ2n) is 5.13. The van der Waals surface area contributed by atoms with Gasteiger partial charge >= 0.3 is 12.2 Å². The molecule has 1 heterocycles. The van der Waals surface area contributed by atoms with E-state index in [9.17, 15) is 18.0 Å². The molecule has 0 bridgehead atoms. The van der Waals surface area contributed by atoms with Crippen LogP contribution in [0.3, 0.4) is 0 Å². The highest BCUT2D eigenvalue weighted by molar-refractivity contribution is 5.97. The first-order valence-corrected chi connectivity index (χ1v) is 6.77. The summed E-state index contributed by atoms with van der Waals surface area (Å²) in [7, 11) is 0. The van der Waals surface area contributed by atoms with Crippen molar-refractivity contribution < 1.29 is 18.0 Å². The number of amides is 1. The van der Waals surface area contributed by atoms with Gasteiger partial charge in [0, 0.05) is 11.1 Å². The van der Waals surface area contributed by atoms with Gasteiger partial charge in [-0.15, -0.1) is 0 Å². The number of aryl methyl sites for hydroxylation is 1. The minimum atomic E-state index is -4.46. The predicted molar refractivity (Wildman–Crippen MR) is 80.3 cm³/mol. The Hall–Kier alpha value is -2.83. The molecule has 0 saturated heterocycles. The third-order valence-corrected chi connectivity index (χ3v) is 3.36. The van der Waals surface area contributed by atoms with E-state index in [1.807, 2.05) is 19.1 Å². The van der Waals surface area contributed by atoms with Crippen LogP contribution in [0.2, 0.25) is 0 Å². The number of carbonyl (C=O) groups excluding carboxylic acids is 1. The van der Waals surface area contributed by atoms with E-state index in [1.165, 1.54) is 18.3 Å². The molecule has 4 nitrogen and oxygen atoms in total. The molecule has 3 aromatic rings. The van der Waals surface area contributed by atoms with Gasteiger partial charge in [-0.1, -0.05) is 17.7 Å². The van der Waals surface area contributed by atoms with Crippen molar-refractivity contribution >= 4 is 22.6 Å². The number of halogens is 3. The lowest BCUT2D eigenvalue weighted by Gasteiger charge is -2.10. The quantitative estimate of drug-likeness (QED) is 0.720. The van der Waals surface area contributed by atoms with Gasteiger partial charge < -0.3 is 5.32 Å². The molecule has 2 aromatic carbocycles. The van der Waals surface area contributed by atoms with Crippen molar-refractivity contribution in [2.75, 3.05) is 5.32 Å². The summed E-state index contributed by atoms with van der Waals surface area (Å²) in [6, 6.07) is 9.28. The number of fused-ring (bicyclic) bond motifs is 1. The van der Waals surface area contributed by atoms with Crippen LogP contribution in [-0.4, -0.2) is 15.8 Å². The second kappa shape index (κ2) is 5.42. The Kier molecular flexibility index (Phi) is 3.55. The third-order valence-electron chi connectivity index (χ3n) is 3.36. The van der Waals surface area contributed by atoms with Crippen LogP contribution in [-0.2, 0) is 6.18 Å². The standard InChI is InChI=1S/C16H12F3N3O/c1-10-5-6-14-11(7-10)9-20-22(14)15(23)21-13-4-2-3-12(8-13)16(17,18)19/h2-9H,1H3,(H,21,23). The van der Waals surface area contributed by atoms with Crippen LogP contribution >= 0.6 is 0 Å². The number of hydrogen-bond acceptors (Lipinski definition) is 2. The van der Waals surface area contributed by atoms with E-state index >= 15 is 0 Å². The zero-order valence-corrected chi connectivity index (χ0v) is 12.1. The maximum Gasteiger partial charge on any atom is 0.416 e. The fourth-order valence-electron chi connectivity index (χ4n) is 2.26. The first-order valence-electron chi connectivity index (χ1n) is 6.77. The van der Waals surface area contributed by atoms with Gasteiger partial charge in [-0.25, -0.2) is 4.79 Å². The predicted octanol–water partition coefficient (Wildman–Crippen LogP) is 4.44. The molecule has 1 N–H and O–H groups in total. The van der Waals surface area contributed by atoms with Gasteiger partial charge in [-0.3, -0.25) is 0 Å². The van der Waals surface area contributed by atoms with Gasteiger partial charge in [0.25, 0.3) is 0 Å². The SMILES string of the molecule is Cc1ccc2c(cnn2C(=O)Nc2cccc(C(F)(F)F)c2)c1. The molecule has 0 fully saturated rings. The Morgan fingerprint density at radius 3 is 2.70 bits per heavy atom. The summed E-state index contributed by atoms with van der Waals surface area (Å²) in [6.07, 6.45) is -2.93. The van der Waals surface area contributed by atoms with Crippen LogP contribution in [0.1, 0.15) is 11.1 Å². The van der Waals surface area contributed by atoms with E-state index in [0.717, 1.165) is 27.8 Å². The van der Waals surface area contributed by atoms with Crippen LogP contribution in [0.4, 0.5) is 23.7 Å². The van der Waals surface area contributed by atoms with Gasteiger partial charge in [0.05, 0.1) is 17.3 Å². The maximum atomic E-state index is 12.7. The number of nitrogens with zero attached hydrogens (tertiary/aromatic N) is 2. The molecule has 0 atom stereocenters. The third kappa shape index (κ3) is 3.03. The summed E-state index contributed by atoms with van der Waals surface area (Å²) in [5.41, 5.74) is 0.840. The molecule has 0 radical (unpaired) electrons. The molecular weight excluding hydrogens is 307 g/mol. The summed E-state index contributed by atoms with van der Waals surface area (Å²) in [6.45, 7) is 1.92. The Labute approximate surface area is 129 Å². The largest absolute Gasteiger partial charge is 0.416 e. The highest BCUT2D eigenvalue weighted by Gasteiger charge is 2.30. The van der Waals surface area contributed by atoms with Crippen molar-refractivity contribution in [1.29, 1.82) is 0 Å². The van der Waals surface area contributed by atoms with Crippen LogP contribution in [0.25, 0.3) is 10.9 Å². The summed E-state index contributed by atoms with van der Waals surface area (Å²) in [5, 5.41) is 7.19. The normalized spacial score (nSPS) is 11.7.